The second-order valence-corrected chi connectivity index (χ2v) is 6.08. The molecule has 3 atom stereocenters. The molecular formula is C16H22FNO. The Balaban J connectivity index is 1.60. The van der Waals surface area contributed by atoms with Crippen molar-refractivity contribution in [2.45, 2.75) is 32.1 Å². The average molecular weight is 263 g/mol. The molecule has 0 saturated heterocycles. The van der Waals surface area contributed by atoms with E-state index in [1.165, 1.54) is 37.8 Å². The van der Waals surface area contributed by atoms with Crippen LogP contribution in [-0.2, 0) is 6.42 Å². The van der Waals surface area contributed by atoms with Crippen molar-refractivity contribution in [2.75, 3.05) is 13.2 Å². The van der Waals surface area contributed by atoms with Crippen molar-refractivity contribution in [3.63, 3.8) is 0 Å². The molecule has 2 bridgehead atoms. The first kappa shape index (κ1) is 12.9. The minimum atomic E-state index is -0.228. The number of nitrogens with two attached hydrogens (primary N) is 1. The zero-order valence-electron chi connectivity index (χ0n) is 11.3. The largest absolute Gasteiger partial charge is 0.493 e. The molecule has 19 heavy (non-hydrogen) atoms. The van der Waals surface area contributed by atoms with Crippen LogP contribution in [0.1, 0.15) is 31.2 Å². The molecule has 104 valence electrons. The minimum absolute atomic E-state index is 0.228. The maximum absolute atomic E-state index is 13.5. The number of hydrogen-bond acceptors (Lipinski definition) is 2. The lowest BCUT2D eigenvalue weighted by Crippen LogP contribution is -2.18. The molecule has 0 aromatic heterocycles. The van der Waals surface area contributed by atoms with Gasteiger partial charge in [0.05, 0.1) is 6.61 Å². The highest BCUT2D eigenvalue weighted by Gasteiger charge is 2.39. The van der Waals surface area contributed by atoms with Gasteiger partial charge in [0.2, 0.25) is 0 Å². The van der Waals surface area contributed by atoms with E-state index in [1.54, 1.807) is 0 Å². The van der Waals surface area contributed by atoms with Gasteiger partial charge in [0.25, 0.3) is 0 Å². The smallest absolute Gasteiger partial charge is 0.127 e. The lowest BCUT2D eigenvalue weighted by atomic mass is 9.89. The summed E-state index contributed by atoms with van der Waals surface area (Å²) >= 11 is 0. The van der Waals surface area contributed by atoms with Crippen molar-refractivity contribution in [1.82, 2.24) is 0 Å². The van der Waals surface area contributed by atoms with E-state index in [0.717, 1.165) is 24.0 Å². The highest BCUT2D eigenvalue weighted by molar-refractivity contribution is 5.29. The maximum atomic E-state index is 13.5. The number of hydrogen-bond donors (Lipinski definition) is 1. The summed E-state index contributed by atoms with van der Waals surface area (Å²) in [5, 5.41) is 0. The Morgan fingerprint density at radius 3 is 2.79 bits per heavy atom. The zero-order chi connectivity index (χ0) is 13.2. The van der Waals surface area contributed by atoms with Crippen molar-refractivity contribution in [3.05, 3.63) is 29.6 Å². The Morgan fingerprint density at radius 1 is 1.21 bits per heavy atom. The SMILES string of the molecule is NCCc1cc(F)cc(OCC2CC3CCC2C3)c1. The summed E-state index contributed by atoms with van der Waals surface area (Å²) in [6.07, 6.45) is 6.15. The van der Waals surface area contributed by atoms with E-state index in [4.69, 9.17) is 10.5 Å². The molecule has 3 unspecified atom stereocenters. The summed E-state index contributed by atoms with van der Waals surface area (Å²) in [6, 6.07) is 4.94. The van der Waals surface area contributed by atoms with Gasteiger partial charge in [-0.15, -0.1) is 0 Å². The van der Waals surface area contributed by atoms with Crippen molar-refractivity contribution in [1.29, 1.82) is 0 Å². The number of benzene rings is 1. The summed E-state index contributed by atoms with van der Waals surface area (Å²) < 4.78 is 19.3. The average Bonchev–Trinajstić information content (AvgIpc) is 2.98. The number of fused-ring (bicyclic) bond motifs is 2. The van der Waals surface area contributed by atoms with Gasteiger partial charge in [-0.05, 0) is 67.7 Å². The highest BCUT2D eigenvalue weighted by atomic mass is 19.1. The lowest BCUT2D eigenvalue weighted by Gasteiger charge is -2.21. The van der Waals surface area contributed by atoms with Gasteiger partial charge < -0.3 is 10.5 Å². The van der Waals surface area contributed by atoms with Crippen LogP contribution in [0, 0.1) is 23.6 Å². The first-order valence-corrected chi connectivity index (χ1v) is 7.37. The van der Waals surface area contributed by atoms with E-state index in [0.29, 0.717) is 24.6 Å². The van der Waals surface area contributed by atoms with Gasteiger partial charge in [0.1, 0.15) is 11.6 Å². The molecule has 0 spiro atoms. The van der Waals surface area contributed by atoms with Crippen LogP contribution >= 0.6 is 0 Å². The van der Waals surface area contributed by atoms with Gasteiger partial charge in [-0.2, -0.15) is 0 Å². The Hall–Kier alpha value is -1.09. The molecule has 0 heterocycles. The number of rotatable bonds is 5. The first-order chi connectivity index (χ1) is 9.24. The topological polar surface area (TPSA) is 35.2 Å². The second-order valence-electron chi connectivity index (χ2n) is 6.08. The third-order valence-electron chi connectivity index (χ3n) is 4.71. The molecule has 2 aliphatic carbocycles. The van der Waals surface area contributed by atoms with Gasteiger partial charge in [0, 0.05) is 6.07 Å². The summed E-state index contributed by atoms with van der Waals surface area (Å²) in [7, 11) is 0. The molecule has 2 nitrogen and oxygen atoms in total. The summed E-state index contributed by atoms with van der Waals surface area (Å²) in [5.74, 6) is 2.89. The lowest BCUT2D eigenvalue weighted by molar-refractivity contribution is 0.194. The van der Waals surface area contributed by atoms with Gasteiger partial charge in [0.15, 0.2) is 0 Å². The summed E-state index contributed by atoms with van der Waals surface area (Å²) in [5.41, 5.74) is 6.43. The third-order valence-corrected chi connectivity index (χ3v) is 4.71. The molecule has 2 aliphatic rings. The fraction of sp³-hybridized carbons (Fsp3) is 0.625. The van der Waals surface area contributed by atoms with Crippen molar-refractivity contribution >= 4 is 0 Å². The number of ether oxygens (including phenoxy) is 1. The highest BCUT2D eigenvalue weighted by Crippen LogP contribution is 2.48. The fourth-order valence-electron chi connectivity index (χ4n) is 3.80. The van der Waals surface area contributed by atoms with E-state index < -0.39 is 0 Å². The van der Waals surface area contributed by atoms with E-state index in [1.807, 2.05) is 6.07 Å². The van der Waals surface area contributed by atoms with E-state index >= 15 is 0 Å². The molecule has 2 saturated carbocycles. The third kappa shape index (κ3) is 2.92. The van der Waals surface area contributed by atoms with Gasteiger partial charge in [-0.3, -0.25) is 0 Å². The van der Waals surface area contributed by atoms with Crippen molar-refractivity contribution in [2.24, 2.45) is 23.5 Å². The summed E-state index contributed by atoms with van der Waals surface area (Å²) in [4.78, 5) is 0. The molecular weight excluding hydrogens is 241 g/mol. The monoisotopic (exact) mass is 263 g/mol. The van der Waals surface area contributed by atoms with Crippen LogP contribution in [0.3, 0.4) is 0 Å². The van der Waals surface area contributed by atoms with Crippen LogP contribution in [0.2, 0.25) is 0 Å². The predicted octanol–water partition coefficient (Wildman–Crippen LogP) is 3.14. The Labute approximate surface area is 114 Å². The zero-order valence-corrected chi connectivity index (χ0v) is 11.3. The van der Waals surface area contributed by atoms with Crippen LogP contribution in [0.25, 0.3) is 0 Å². The predicted molar refractivity (Wildman–Crippen MR) is 73.6 cm³/mol. The molecule has 3 heteroatoms. The quantitative estimate of drug-likeness (QED) is 0.885. The summed E-state index contributed by atoms with van der Waals surface area (Å²) in [6.45, 7) is 1.28. The van der Waals surface area contributed by atoms with Crippen molar-refractivity contribution < 1.29 is 9.13 Å². The second kappa shape index (κ2) is 5.49. The molecule has 3 rings (SSSR count). The molecule has 1 aromatic carbocycles. The van der Waals surface area contributed by atoms with E-state index in [9.17, 15) is 4.39 Å². The molecule has 0 amide bonds. The number of halogens is 1. The van der Waals surface area contributed by atoms with E-state index in [-0.39, 0.29) is 5.82 Å². The molecule has 1 aromatic rings. The first-order valence-electron chi connectivity index (χ1n) is 7.37. The minimum Gasteiger partial charge on any atom is -0.493 e. The molecule has 2 N–H and O–H groups in total. The van der Waals surface area contributed by atoms with Crippen LogP contribution < -0.4 is 10.5 Å². The molecule has 0 aliphatic heterocycles. The fourth-order valence-corrected chi connectivity index (χ4v) is 3.80. The van der Waals surface area contributed by atoms with Gasteiger partial charge in [-0.25, -0.2) is 4.39 Å². The van der Waals surface area contributed by atoms with Gasteiger partial charge >= 0.3 is 0 Å². The van der Waals surface area contributed by atoms with Crippen LogP contribution in [0.4, 0.5) is 4.39 Å². The molecule has 0 radical (unpaired) electrons. The molecule has 2 fully saturated rings. The Morgan fingerprint density at radius 2 is 2.11 bits per heavy atom. The van der Waals surface area contributed by atoms with Crippen LogP contribution in [0.15, 0.2) is 18.2 Å². The van der Waals surface area contributed by atoms with Crippen LogP contribution in [0.5, 0.6) is 5.75 Å². The van der Waals surface area contributed by atoms with Crippen LogP contribution in [-0.4, -0.2) is 13.2 Å². The van der Waals surface area contributed by atoms with E-state index in [2.05, 4.69) is 0 Å². The maximum Gasteiger partial charge on any atom is 0.127 e. The van der Waals surface area contributed by atoms with Gasteiger partial charge in [-0.1, -0.05) is 6.42 Å². The Bertz CT molecular complexity index is 448. The van der Waals surface area contributed by atoms with Crippen molar-refractivity contribution in [3.8, 4) is 5.75 Å². The standard InChI is InChI=1S/C16H22FNO/c17-15-7-12(3-4-18)8-16(9-15)19-10-14-6-11-1-2-13(14)5-11/h7-9,11,13-14H,1-6,10,18H2. The Kier molecular flexibility index (Phi) is 3.74. The normalized spacial score (nSPS) is 28.8.